The summed E-state index contributed by atoms with van der Waals surface area (Å²) in [6, 6.07) is 7.85. The second kappa shape index (κ2) is 5.85. The minimum atomic E-state index is -0.738. The van der Waals surface area contributed by atoms with Crippen LogP contribution in [0.25, 0.3) is 0 Å². The summed E-state index contributed by atoms with van der Waals surface area (Å²) in [6.45, 7) is 6.80. The van der Waals surface area contributed by atoms with E-state index >= 15 is 0 Å². The van der Waals surface area contributed by atoms with Gasteiger partial charge in [0.05, 0.1) is 0 Å². The summed E-state index contributed by atoms with van der Waals surface area (Å²) in [6.07, 6.45) is 0.511. The molecule has 0 heterocycles. The van der Waals surface area contributed by atoms with Gasteiger partial charge in [-0.2, -0.15) is 0 Å². The molecule has 0 unspecified atom stereocenters. The van der Waals surface area contributed by atoms with E-state index in [9.17, 15) is 5.02 Å². The lowest BCUT2D eigenvalue weighted by atomic mass is 9.80. The van der Waals surface area contributed by atoms with Crippen LogP contribution in [-0.4, -0.2) is 18.7 Å². The van der Waals surface area contributed by atoms with E-state index in [0.29, 0.717) is 12.9 Å². The summed E-state index contributed by atoms with van der Waals surface area (Å²) >= 11 is 3.45. The number of hydrogen-bond acceptors (Lipinski definition) is 2. The Hall–Kier alpha value is -0.315. The van der Waals surface area contributed by atoms with Crippen LogP contribution in [0.3, 0.4) is 0 Å². The summed E-state index contributed by atoms with van der Waals surface area (Å²) in [4.78, 5) is 0. The highest BCUT2D eigenvalue weighted by atomic mass is 79.9. The van der Waals surface area contributed by atoms with Crippen LogP contribution in [0.1, 0.15) is 26.3 Å². The normalized spacial score (nSPS) is 11.6. The smallest absolute Gasteiger partial charge is 0.427 e. The molecule has 0 radical (unpaired) electrons. The van der Waals surface area contributed by atoms with Gasteiger partial charge in [-0.25, -0.2) is 0 Å². The zero-order valence-corrected chi connectivity index (χ0v) is 11.6. The number of halogens is 1. The second-order valence-electron chi connectivity index (χ2n) is 5.12. The van der Waals surface area contributed by atoms with E-state index in [-0.39, 0.29) is 5.41 Å². The Labute approximate surface area is 106 Å². The standard InChI is InChI=1S/C12H18BBrO2/c1-12(2,3)9-16-13(15)8-10-6-4-5-7-11(10)14/h4-7,15H,8-9H2,1-3H3. The van der Waals surface area contributed by atoms with Gasteiger partial charge in [0.25, 0.3) is 0 Å². The van der Waals surface area contributed by atoms with E-state index in [1.54, 1.807) is 0 Å². The van der Waals surface area contributed by atoms with Crippen LogP contribution in [0.15, 0.2) is 28.7 Å². The maximum absolute atomic E-state index is 9.75. The third-order valence-corrected chi connectivity index (χ3v) is 2.83. The SMILES string of the molecule is CC(C)(C)COB(O)Cc1ccccc1Br. The first kappa shape index (κ1) is 13.7. The molecule has 1 aromatic rings. The molecule has 0 aliphatic carbocycles. The predicted octanol–water partition coefficient (Wildman–Crippen LogP) is 3.07. The molecule has 0 amide bonds. The van der Waals surface area contributed by atoms with Gasteiger partial charge in [0, 0.05) is 17.4 Å². The van der Waals surface area contributed by atoms with Crippen LogP contribution >= 0.6 is 15.9 Å². The zero-order chi connectivity index (χ0) is 12.2. The van der Waals surface area contributed by atoms with Gasteiger partial charge in [-0.05, 0) is 17.0 Å². The van der Waals surface area contributed by atoms with Gasteiger partial charge >= 0.3 is 7.12 Å². The molecule has 0 bridgehead atoms. The lowest BCUT2D eigenvalue weighted by Gasteiger charge is -2.19. The molecule has 4 heteroatoms. The molecule has 16 heavy (non-hydrogen) atoms. The topological polar surface area (TPSA) is 29.5 Å². The molecule has 0 atom stereocenters. The molecule has 1 N–H and O–H groups in total. The van der Waals surface area contributed by atoms with E-state index in [1.807, 2.05) is 24.3 Å². The highest BCUT2D eigenvalue weighted by Crippen LogP contribution is 2.18. The van der Waals surface area contributed by atoms with Crippen molar-refractivity contribution in [2.75, 3.05) is 6.61 Å². The number of rotatable bonds is 4. The Balaban J connectivity index is 2.46. The number of benzene rings is 1. The Morgan fingerprint density at radius 2 is 1.94 bits per heavy atom. The molecule has 2 nitrogen and oxygen atoms in total. The van der Waals surface area contributed by atoms with Crippen LogP contribution in [0.4, 0.5) is 0 Å². The quantitative estimate of drug-likeness (QED) is 0.861. The molecule has 0 spiro atoms. The monoisotopic (exact) mass is 284 g/mol. The van der Waals surface area contributed by atoms with Gasteiger partial charge in [-0.1, -0.05) is 54.9 Å². The molecular formula is C12H18BBrO2. The minimum absolute atomic E-state index is 0.0783. The zero-order valence-electron chi connectivity index (χ0n) is 10.0. The van der Waals surface area contributed by atoms with Crippen molar-refractivity contribution in [1.29, 1.82) is 0 Å². The molecule has 0 saturated carbocycles. The summed E-state index contributed by atoms with van der Waals surface area (Å²) in [7, 11) is -0.738. The fourth-order valence-electron chi connectivity index (χ4n) is 1.26. The van der Waals surface area contributed by atoms with Crippen molar-refractivity contribution in [2.45, 2.75) is 27.1 Å². The van der Waals surface area contributed by atoms with Crippen molar-refractivity contribution >= 4 is 23.0 Å². The molecule has 0 saturated heterocycles. The molecule has 0 aliphatic rings. The molecular weight excluding hydrogens is 267 g/mol. The fourth-order valence-corrected chi connectivity index (χ4v) is 1.70. The van der Waals surface area contributed by atoms with Crippen molar-refractivity contribution in [3.8, 4) is 0 Å². The van der Waals surface area contributed by atoms with E-state index in [4.69, 9.17) is 4.65 Å². The van der Waals surface area contributed by atoms with Gasteiger partial charge in [-0.15, -0.1) is 0 Å². The minimum Gasteiger partial charge on any atom is -0.427 e. The van der Waals surface area contributed by atoms with Gasteiger partial charge in [-0.3, -0.25) is 0 Å². The largest absolute Gasteiger partial charge is 0.458 e. The number of hydrogen-bond donors (Lipinski definition) is 1. The maximum atomic E-state index is 9.75. The summed E-state index contributed by atoms with van der Waals surface area (Å²) in [5.74, 6) is 0. The first-order chi connectivity index (χ1) is 7.38. The third kappa shape index (κ3) is 5.15. The van der Waals surface area contributed by atoms with E-state index in [1.165, 1.54) is 0 Å². The Kier molecular flexibility index (Phi) is 5.03. The first-order valence-electron chi connectivity index (χ1n) is 5.41. The van der Waals surface area contributed by atoms with Crippen molar-refractivity contribution < 1.29 is 9.68 Å². The fraction of sp³-hybridized carbons (Fsp3) is 0.500. The lowest BCUT2D eigenvalue weighted by Crippen LogP contribution is -2.27. The Bertz CT molecular complexity index is 336. The molecule has 0 aromatic heterocycles. The molecule has 1 aromatic carbocycles. The average Bonchev–Trinajstić information content (AvgIpc) is 2.18. The highest BCUT2D eigenvalue weighted by molar-refractivity contribution is 9.10. The third-order valence-electron chi connectivity index (χ3n) is 2.06. The predicted molar refractivity (Wildman–Crippen MR) is 71.2 cm³/mol. The van der Waals surface area contributed by atoms with E-state index in [0.717, 1.165) is 10.0 Å². The Morgan fingerprint density at radius 1 is 1.31 bits per heavy atom. The van der Waals surface area contributed by atoms with Gasteiger partial charge in [0.1, 0.15) is 0 Å². The lowest BCUT2D eigenvalue weighted by molar-refractivity contribution is 0.167. The average molecular weight is 285 g/mol. The van der Waals surface area contributed by atoms with Crippen LogP contribution in [0, 0.1) is 5.41 Å². The van der Waals surface area contributed by atoms with Gasteiger partial charge in [0.15, 0.2) is 0 Å². The van der Waals surface area contributed by atoms with Crippen molar-refractivity contribution in [3.63, 3.8) is 0 Å². The molecule has 0 aliphatic heterocycles. The maximum Gasteiger partial charge on any atom is 0.458 e. The van der Waals surface area contributed by atoms with Crippen LogP contribution in [0.2, 0.25) is 0 Å². The van der Waals surface area contributed by atoms with E-state index < -0.39 is 7.12 Å². The molecule has 88 valence electrons. The molecule has 0 fully saturated rings. The van der Waals surface area contributed by atoms with Crippen LogP contribution < -0.4 is 0 Å². The second-order valence-corrected chi connectivity index (χ2v) is 5.98. The van der Waals surface area contributed by atoms with Crippen LogP contribution in [-0.2, 0) is 11.0 Å². The van der Waals surface area contributed by atoms with Crippen LogP contribution in [0.5, 0.6) is 0 Å². The first-order valence-corrected chi connectivity index (χ1v) is 6.21. The summed E-state index contributed by atoms with van der Waals surface area (Å²) < 4.78 is 6.41. The van der Waals surface area contributed by atoms with Crippen molar-refractivity contribution in [3.05, 3.63) is 34.3 Å². The van der Waals surface area contributed by atoms with E-state index in [2.05, 4.69) is 36.7 Å². The summed E-state index contributed by atoms with van der Waals surface area (Å²) in [5.41, 5.74) is 1.14. The highest BCUT2D eigenvalue weighted by Gasteiger charge is 2.19. The van der Waals surface area contributed by atoms with Gasteiger partial charge < -0.3 is 9.68 Å². The Morgan fingerprint density at radius 3 is 2.50 bits per heavy atom. The van der Waals surface area contributed by atoms with Crippen molar-refractivity contribution in [1.82, 2.24) is 0 Å². The molecule has 1 rings (SSSR count). The van der Waals surface area contributed by atoms with Crippen molar-refractivity contribution in [2.24, 2.45) is 5.41 Å². The van der Waals surface area contributed by atoms with Gasteiger partial charge in [0.2, 0.25) is 0 Å². The summed E-state index contributed by atoms with van der Waals surface area (Å²) in [5, 5.41) is 9.75.